The Labute approximate surface area is 158 Å². The Bertz CT molecular complexity index is 907. The molecular weight excluding hydrogens is 344 g/mol. The number of H-pyrrole nitrogens is 1. The molecule has 2 N–H and O–H groups in total. The second kappa shape index (κ2) is 8.70. The first-order chi connectivity index (χ1) is 13.1. The van der Waals surface area contributed by atoms with Crippen molar-refractivity contribution in [1.82, 2.24) is 14.6 Å². The van der Waals surface area contributed by atoms with E-state index < -0.39 is 11.2 Å². The molecular formula is C20H26N4O3. The maximum atomic E-state index is 12.4. The minimum atomic E-state index is -0.629. The summed E-state index contributed by atoms with van der Waals surface area (Å²) < 4.78 is 1.18. The topological polar surface area (TPSA) is 90.7 Å². The molecule has 0 unspecified atom stereocenters. The summed E-state index contributed by atoms with van der Waals surface area (Å²) >= 11 is 0. The van der Waals surface area contributed by atoms with Gasteiger partial charge in [0.2, 0.25) is 5.88 Å². The lowest BCUT2D eigenvalue weighted by molar-refractivity contribution is 0.300. The number of aromatic amines is 1. The number of nitrogens with one attached hydrogen (secondary N) is 1. The lowest BCUT2D eigenvalue weighted by Crippen LogP contribution is -2.35. The smallest absolute Gasteiger partial charge is 0.331 e. The van der Waals surface area contributed by atoms with Crippen LogP contribution in [0.1, 0.15) is 50.2 Å². The Morgan fingerprint density at radius 1 is 1.11 bits per heavy atom. The first kappa shape index (κ1) is 18.9. The quantitative estimate of drug-likeness (QED) is 0.790. The van der Waals surface area contributed by atoms with Crippen LogP contribution >= 0.6 is 0 Å². The third-order valence-electron chi connectivity index (χ3n) is 4.82. The number of benzene rings is 1. The van der Waals surface area contributed by atoms with Gasteiger partial charge in [-0.2, -0.15) is 5.10 Å². The normalized spacial score (nSPS) is 15.6. The van der Waals surface area contributed by atoms with E-state index in [0.717, 1.165) is 31.5 Å². The molecule has 144 valence electrons. The van der Waals surface area contributed by atoms with Crippen molar-refractivity contribution in [2.75, 3.05) is 13.1 Å². The van der Waals surface area contributed by atoms with Gasteiger partial charge in [0, 0.05) is 13.1 Å². The maximum Gasteiger partial charge on any atom is 0.331 e. The summed E-state index contributed by atoms with van der Waals surface area (Å²) in [5.74, 6) is -0.331. The van der Waals surface area contributed by atoms with Gasteiger partial charge in [0.1, 0.15) is 5.56 Å². The zero-order chi connectivity index (χ0) is 19.2. The SMILES string of the molecule is CC/C(=N\N1CCCCCC1)c1c(O)n(Cc2ccccc2)c(=O)[nH]c1=O. The number of nitrogens with zero attached hydrogens (tertiary/aromatic N) is 3. The standard InChI is InChI=1S/C20H26N4O3/c1-2-16(22-23-12-8-3-4-9-13-23)17-18(25)21-20(27)24(19(17)26)14-15-10-6-5-7-11-15/h5-7,10-11,26H,2-4,8-9,12-14H2,1H3,(H,21,25,27)/b22-16+. The Hall–Kier alpha value is -2.83. The van der Waals surface area contributed by atoms with E-state index in [1.165, 1.54) is 17.4 Å². The van der Waals surface area contributed by atoms with Crippen LogP contribution in [0.4, 0.5) is 0 Å². The lowest BCUT2D eigenvalue weighted by atomic mass is 10.1. The minimum Gasteiger partial charge on any atom is -0.494 e. The molecule has 0 bridgehead atoms. The fourth-order valence-corrected chi connectivity index (χ4v) is 3.35. The van der Waals surface area contributed by atoms with Crippen molar-refractivity contribution >= 4 is 5.71 Å². The van der Waals surface area contributed by atoms with E-state index in [0.29, 0.717) is 12.1 Å². The molecule has 1 fully saturated rings. The predicted molar refractivity (Wildman–Crippen MR) is 105 cm³/mol. The van der Waals surface area contributed by atoms with E-state index in [2.05, 4.69) is 10.1 Å². The van der Waals surface area contributed by atoms with E-state index in [-0.39, 0.29) is 18.0 Å². The summed E-state index contributed by atoms with van der Waals surface area (Å²) in [6.45, 7) is 3.75. The van der Waals surface area contributed by atoms with Gasteiger partial charge in [0.25, 0.3) is 5.56 Å². The first-order valence-corrected chi connectivity index (χ1v) is 9.53. The van der Waals surface area contributed by atoms with Crippen LogP contribution in [0, 0.1) is 0 Å². The zero-order valence-corrected chi connectivity index (χ0v) is 15.6. The van der Waals surface area contributed by atoms with Crippen LogP contribution in [-0.4, -0.2) is 38.5 Å². The van der Waals surface area contributed by atoms with Gasteiger partial charge in [-0.1, -0.05) is 50.1 Å². The van der Waals surface area contributed by atoms with Gasteiger partial charge < -0.3 is 5.11 Å². The van der Waals surface area contributed by atoms with Crippen molar-refractivity contribution in [3.63, 3.8) is 0 Å². The molecule has 0 aliphatic carbocycles. The number of rotatable bonds is 5. The van der Waals surface area contributed by atoms with Crippen molar-refractivity contribution in [2.24, 2.45) is 5.10 Å². The van der Waals surface area contributed by atoms with Crippen LogP contribution < -0.4 is 11.2 Å². The molecule has 2 heterocycles. The molecule has 0 amide bonds. The molecule has 7 heteroatoms. The van der Waals surface area contributed by atoms with Crippen LogP contribution in [0.25, 0.3) is 0 Å². The predicted octanol–water partition coefficient (Wildman–Crippen LogP) is 2.28. The van der Waals surface area contributed by atoms with Crippen molar-refractivity contribution in [2.45, 2.75) is 45.6 Å². The monoisotopic (exact) mass is 370 g/mol. The van der Waals surface area contributed by atoms with Gasteiger partial charge in [-0.25, -0.2) is 4.79 Å². The van der Waals surface area contributed by atoms with Crippen molar-refractivity contribution in [3.05, 3.63) is 62.3 Å². The summed E-state index contributed by atoms with van der Waals surface area (Å²) in [5.41, 5.74) is 0.206. The average molecular weight is 370 g/mol. The van der Waals surface area contributed by atoms with Crippen LogP contribution in [0.5, 0.6) is 5.88 Å². The van der Waals surface area contributed by atoms with Crippen molar-refractivity contribution in [1.29, 1.82) is 0 Å². The Balaban J connectivity index is 2.01. The maximum absolute atomic E-state index is 12.4. The molecule has 0 atom stereocenters. The Kier molecular flexibility index (Phi) is 6.11. The van der Waals surface area contributed by atoms with Gasteiger partial charge in [-0.05, 0) is 24.8 Å². The number of hydrogen-bond acceptors (Lipinski definition) is 5. The second-order valence-corrected chi connectivity index (χ2v) is 6.80. The second-order valence-electron chi connectivity index (χ2n) is 6.80. The van der Waals surface area contributed by atoms with E-state index in [9.17, 15) is 14.7 Å². The summed E-state index contributed by atoms with van der Waals surface area (Å²) in [6, 6.07) is 9.34. The van der Waals surface area contributed by atoms with E-state index in [1.807, 2.05) is 42.3 Å². The molecule has 27 heavy (non-hydrogen) atoms. The fourth-order valence-electron chi connectivity index (χ4n) is 3.35. The highest BCUT2D eigenvalue weighted by atomic mass is 16.3. The molecule has 1 aliphatic heterocycles. The zero-order valence-electron chi connectivity index (χ0n) is 15.6. The van der Waals surface area contributed by atoms with Crippen molar-refractivity contribution in [3.8, 4) is 5.88 Å². The van der Waals surface area contributed by atoms with Gasteiger partial charge in [-0.15, -0.1) is 0 Å². The first-order valence-electron chi connectivity index (χ1n) is 9.53. The highest BCUT2D eigenvalue weighted by molar-refractivity contribution is 6.01. The van der Waals surface area contributed by atoms with Crippen LogP contribution in [0.15, 0.2) is 45.0 Å². The Morgan fingerprint density at radius 3 is 2.41 bits per heavy atom. The average Bonchev–Trinajstić information content (AvgIpc) is 2.93. The summed E-state index contributed by atoms with van der Waals surface area (Å²) in [7, 11) is 0. The van der Waals surface area contributed by atoms with Gasteiger partial charge >= 0.3 is 5.69 Å². The van der Waals surface area contributed by atoms with Gasteiger partial charge in [-0.3, -0.25) is 19.4 Å². The molecule has 1 aliphatic rings. The van der Waals surface area contributed by atoms with E-state index in [4.69, 9.17) is 0 Å². The lowest BCUT2D eigenvalue weighted by Gasteiger charge is -2.19. The van der Waals surface area contributed by atoms with E-state index in [1.54, 1.807) is 0 Å². The molecule has 2 aromatic rings. The third-order valence-corrected chi connectivity index (χ3v) is 4.82. The highest BCUT2D eigenvalue weighted by Crippen LogP contribution is 2.17. The number of aromatic hydroxyl groups is 1. The summed E-state index contributed by atoms with van der Waals surface area (Å²) in [5, 5.41) is 17.3. The molecule has 3 rings (SSSR count). The molecule has 0 saturated carbocycles. The molecule has 0 spiro atoms. The van der Waals surface area contributed by atoms with Gasteiger partial charge in [0.05, 0.1) is 12.3 Å². The number of aromatic nitrogens is 2. The molecule has 1 saturated heterocycles. The number of hydrazone groups is 1. The minimum absolute atomic E-state index is 0.0808. The fraction of sp³-hybridized carbons (Fsp3) is 0.450. The third kappa shape index (κ3) is 4.48. The van der Waals surface area contributed by atoms with Crippen LogP contribution in [0.2, 0.25) is 0 Å². The largest absolute Gasteiger partial charge is 0.494 e. The molecule has 7 nitrogen and oxygen atoms in total. The molecule has 0 radical (unpaired) electrons. The van der Waals surface area contributed by atoms with Crippen LogP contribution in [0.3, 0.4) is 0 Å². The van der Waals surface area contributed by atoms with E-state index >= 15 is 0 Å². The summed E-state index contributed by atoms with van der Waals surface area (Å²) in [4.78, 5) is 27.0. The van der Waals surface area contributed by atoms with Gasteiger partial charge in [0.15, 0.2) is 0 Å². The molecule has 1 aromatic heterocycles. The highest BCUT2D eigenvalue weighted by Gasteiger charge is 2.20. The molecule has 1 aromatic carbocycles. The van der Waals surface area contributed by atoms with Crippen molar-refractivity contribution < 1.29 is 5.11 Å². The Morgan fingerprint density at radius 2 is 1.78 bits per heavy atom. The number of hydrogen-bond donors (Lipinski definition) is 2. The summed E-state index contributed by atoms with van der Waals surface area (Å²) in [6.07, 6.45) is 4.98. The van der Waals surface area contributed by atoms with Crippen LogP contribution in [-0.2, 0) is 6.54 Å².